The Kier molecular flexibility index (Phi) is 4.89. The first-order valence-electron chi connectivity index (χ1n) is 10.8. The molecule has 8 heteroatoms. The van der Waals surface area contributed by atoms with Gasteiger partial charge >= 0.3 is 0 Å². The number of carbonyl (C=O) groups excluding carboxylic acids is 2. The van der Waals surface area contributed by atoms with E-state index in [0.29, 0.717) is 23.4 Å². The highest BCUT2D eigenvalue weighted by atomic mass is 32.1. The second-order valence-electron chi connectivity index (χ2n) is 8.21. The van der Waals surface area contributed by atoms with E-state index in [4.69, 9.17) is 9.40 Å². The van der Waals surface area contributed by atoms with E-state index in [1.165, 1.54) is 4.90 Å². The van der Waals surface area contributed by atoms with Gasteiger partial charge < -0.3 is 4.42 Å². The molecule has 0 radical (unpaired) electrons. The molecule has 0 fully saturated rings. The zero-order chi connectivity index (χ0) is 22.4. The first-order valence-corrected chi connectivity index (χ1v) is 11.7. The van der Waals surface area contributed by atoms with Crippen LogP contribution in [0.15, 0.2) is 64.5 Å². The molecular weight excluding hydrogens is 436 g/mol. The van der Waals surface area contributed by atoms with E-state index in [1.807, 2.05) is 35.8 Å². The van der Waals surface area contributed by atoms with Crippen LogP contribution in [0.25, 0.3) is 10.7 Å². The van der Waals surface area contributed by atoms with Gasteiger partial charge in [-0.3, -0.25) is 19.4 Å². The molecule has 0 saturated heterocycles. The second kappa shape index (κ2) is 8.06. The molecule has 0 saturated carbocycles. The molecule has 1 aromatic carbocycles. The molecule has 164 valence electrons. The lowest BCUT2D eigenvalue weighted by Gasteiger charge is -2.27. The lowest BCUT2D eigenvalue weighted by atomic mass is 10.1. The van der Waals surface area contributed by atoms with Crippen molar-refractivity contribution in [2.45, 2.75) is 26.1 Å². The van der Waals surface area contributed by atoms with E-state index < -0.39 is 0 Å². The molecule has 0 bridgehead atoms. The van der Waals surface area contributed by atoms with Gasteiger partial charge in [-0.25, -0.2) is 9.97 Å². The molecule has 0 aliphatic carbocycles. The van der Waals surface area contributed by atoms with E-state index in [1.54, 1.807) is 35.6 Å². The number of hydrogen-bond donors (Lipinski definition) is 0. The standard InChI is InChI=1S/C25H20N4O3S/c30-24-19-4-1-2-5-20(19)25(31)29(24)15-18-8-7-17(32-18)14-28-10-9-21-16(13-28)12-26-23(27-21)22-6-3-11-33-22/h1-8,11-12H,9-10,13-15H2. The fraction of sp³-hybridized carbons (Fsp3) is 0.200. The molecule has 6 rings (SSSR count). The van der Waals surface area contributed by atoms with Crippen LogP contribution in [0.1, 0.15) is 43.5 Å². The number of aromatic nitrogens is 2. The van der Waals surface area contributed by atoms with Crippen molar-refractivity contribution in [3.63, 3.8) is 0 Å². The molecule has 0 spiro atoms. The highest BCUT2D eigenvalue weighted by Gasteiger charge is 2.35. The number of benzene rings is 1. The van der Waals surface area contributed by atoms with Crippen molar-refractivity contribution in [1.29, 1.82) is 0 Å². The number of nitrogens with zero attached hydrogens (tertiary/aromatic N) is 4. The van der Waals surface area contributed by atoms with E-state index in [2.05, 4.69) is 9.88 Å². The van der Waals surface area contributed by atoms with E-state index in [0.717, 1.165) is 47.2 Å². The van der Waals surface area contributed by atoms with Crippen LogP contribution < -0.4 is 0 Å². The summed E-state index contributed by atoms with van der Waals surface area (Å²) in [6.07, 6.45) is 2.79. The molecule has 7 nitrogen and oxygen atoms in total. The van der Waals surface area contributed by atoms with Crippen molar-refractivity contribution < 1.29 is 14.0 Å². The number of furan rings is 1. The Morgan fingerprint density at radius 2 is 1.70 bits per heavy atom. The number of thiophene rings is 1. The van der Waals surface area contributed by atoms with Crippen molar-refractivity contribution >= 4 is 23.2 Å². The highest BCUT2D eigenvalue weighted by molar-refractivity contribution is 7.13. The molecule has 33 heavy (non-hydrogen) atoms. The zero-order valence-corrected chi connectivity index (χ0v) is 18.5. The summed E-state index contributed by atoms with van der Waals surface area (Å²) < 4.78 is 5.98. The van der Waals surface area contributed by atoms with Crippen LogP contribution in [-0.4, -0.2) is 38.1 Å². The molecule has 2 aliphatic rings. The number of rotatable bonds is 5. The minimum absolute atomic E-state index is 0.133. The Bertz CT molecular complexity index is 1330. The molecule has 2 aliphatic heterocycles. The Labute approximate surface area is 194 Å². The molecular formula is C25H20N4O3S. The van der Waals surface area contributed by atoms with Gasteiger partial charge in [0.15, 0.2) is 5.82 Å². The predicted molar refractivity (Wildman–Crippen MR) is 123 cm³/mol. The summed E-state index contributed by atoms with van der Waals surface area (Å²) >= 11 is 1.65. The maximum atomic E-state index is 12.6. The van der Waals surface area contributed by atoms with Crippen molar-refractivity contribution in [2.75, 3.05) is 6.54 Å². The van der Waals surface area contributed by atoms with Crippen LogP contribution in [0.2, 0.25) is 0 Å². The summed E-state index contributed by atoms with van der Waals surface area (Å²) in [6.45, 7) is 2.42. The zero-order valence-electron chi connectivity index (χ0n) is 17.7. The summed E-state index contributed by atoms with van der Waals surface area (Å²) in [5.74, 6) is 1.65. The highest BCUT2D eigenvalue weighted by Crippen LogP contribution is 2.27. The maximum absolute atomic E-state index is 12.6. The van der Waals surface area contributed by atoms with Gasteiger partial charge in [0.05, 0.1) is 34.8 Å². The largest absolute Gasteiger partial charge is 0.463 e. The minimum Gasteiger partial charge on any atom is -0.463 e. The molecule has 3 aromatic heterocycles. The summed E-state index contributed by atoms with van der Waals surface area (Å²) in [6, 6.07) is 14.7. The first kappa shape index (κ1) is 20.0. The number of hydrogen-bond acceptors (Lipinski definition) is 7. The summed E-state index contributed by atoms with van der Waals surface area (Å²) in [5.41, 5.74) is 3.14. The predicted octanol–water partition coefficient (Wildman–Crippen LogP) is 4.15. The smallest absolute Gasteiger partial charge is 0.261 e. The average molecular weight is 457 g/mol. The van der Waals surface area contributed by atoms with Crippen molar-refractivity contribution in [3.8, 4) is 10.7 Å². The van der Waals surface area contributed by atoms with Crippen molar-refractivity contribution in [2.24, 2.45) is 0 Å². The maximum Gasteiger partial charge on any atom is 0.261 e. The Balaban J connectivity index is 1.12. The fourth-order valence-corrected chi connectivity index (χ4v) is 5.05. The van der Waals surface area contributed by atoms with Gasteiger partial charge in [-0.2, -0.15) is 0 Å². The summed E-state index contributed by atoms with van der Waals surface area (Å²) in [7, 11) is 0. The van der Waals surface area contributed by atoms with Crippen LogP contribution in [0.3, 0.4) is 0 Å². The molecule has 4 aromatic rings. The quantitative estimate of drug-likeness (QED) is 0.420. The topological polar surface area (TPSA) is 79.5 Å². The van der Waals surface area contributed by atoms with E-state index >= 15 is 0 Å². The summed E-state index contributed by atoms with van der Waals surface area (Å²) in [4.78, 5) is 39.1. The van der Waals surface area contributed by atoms with Gasteiger partial charge in [0.1, 0.15) is 11.5 Å². The SMILES string of the molecule is O=C1c2ccccc2C(=O)N1Cc1ccc(CN2CCc3nc(-c4cccs4)ncc3C2)o1. The van der Waals surface area contributed by atoms with Crippen LogP contribution in [0, 0.1) is 0 Å². The van der Waals surface area contributed by atoms with Gasteiger partial charge in [-0.1, -0.05) is 18.2 Å². The Hall–Kier alpha value is -3.62. The molecule has 5 heterocycles. The molecule has 0 atom stereocenters. The number of amides is 2. The average Bonchev–Trinajstić information content (AvgIpc) is 3.58. The monoisotopic (exact) mass is 456 g/mol. The normalized spacial score (nSPS) is 15.7. The van der Waals surface area contributed by atoms with Gasteiger partial charge in [-0.05, 0) is 35.7 Å². The van der Waals surface area contributed by atoms with Gasteiger partial charge in [0, 0.05) is 31.3 Å². The van der Waals surface area contributed by atoms with Gasteiger partial charge in [0.2, 0.25) is 0 Å². The number of fused-ring (bicyclic) bond motifs is 2. The third-order valence-electron chi connectivity index (χ3n) is 6.04. The van der Waals surface area contributed by atoms with Crippen LogP contribution in [0.4, 0.5) is 0 Å². The Morgan fingerprint density at radius 1 is 0.939 bits per heavy atom. The molecule has 0 unspecified atom stereocenters. The number of carbonyl (C=O) groups is 2. The lowest BCUT2D eigenvalue weighted by molar-refractivity contribution is 0.0630. The Morgan fingerprint density at radius 3 is 2.42 bits per heavy atom. The minimum atomic E-state index is -0.275. The number of imide groups is 1. The second-order valence-corrected chi connectivity index (χ2v) is 9.16. The van der Waals surface area contributed by atoms with Gasteiger partial charge in [0.25, 0.3) is 11.8 Å². The van der Waals surface area contributed by atoms with E-state index in [-0.39, 0.29) is 18.4 Å². The third-order valence-corrected chi connectivity index (χ3v) is 6.91. The third kappa shape index (κ3) is 3.67. The van der Waals surface area contributed by atoms with Crippen LogP contribution >= 0.6 is 11.3 Å². The van der Waals surface area contributed by atoms with Crippen molar-refractivity contribution in [1.82, 2.24) is 19.8 Å². The molecule has 2 amide bonds. The van der Waals surface area contributed by atoms with Crippen LogP contribution in [-0.2, 0) is 26.1 Å². The van der Waals surface area contributed by atoms with Crippen molar-refractivity contribution in [3.05, 3.63) is 94.0 Å². The van der Waals surface area contributed by atoms with Crippen LogP contribution in [0.5, 0.6) is 0 Å². The fourth-order valence-electron chi connectivity index (χ4n) is 4.39. The first-order chi connectivity index (χ1) is 16.2. The van der Waals surface area contributed by atoms with E-state index in [9.17, 15) is 9.59 Å². The summed E-state index contributed by atoms with van der Waals surface area (Å²) in [5, 5.41) is 2.03. The lowest BCUT2D eigenvalue weighted by Crippen LogP contribution is -2.30. The van der Waals surface area contributed by atoms with Gasteiger partial charge in [-0.15, -0.1) is 11.3 Å². The molecule has 0 N–H and O–H groups in total.